The maximum Gasteiger partial charge on any atom is 0.269 e. The first kappa shape index (κ1) is 14.5. The van der Waals surface area contributed by atoms with Gasteiger partial charge in [-0.05, 0) is 36.2 Å². The number of hydrogen-bond donors (Lipinski definition) is 0. The molecular weight excluding hydrogens is 320 g/mol. The van der Waals surface area contributed by atoms with Gasteiger partial charge < -0.3 is 4.90 Å². The molecule has 2 rings (SSSR count). The third-order valence-electron chi connectivity index (χ3n) is 3.17. The van der Waals surface area contributed by atoms with Crippen LogP contribution >= 0.6 is 15.9 Å². The summed E-state index contributed by atoms with van der Waals surface area (Å²) >= 11 is 3.40. The molecule has 0 saturated heterocycles. The number of rotatable bonds is 4. The highest BCUT2D eigenvalue weighted by atomic mass is 79.9. The van der Waals surface area contributed by atoms with Gasteiger partial charge in [-0.25, -0.2) is 0 Å². The highest BCUT2D eigenvalue weighted by molar-refractivity contribution is 9.08. The van der Waals surface area contributed by atoms with Crippen LogP contribution in [0.25, 0.3) is 0 Å². The van der Waals surface area contributed by atoms with Gasteiger partial charge in [0.15, 0.2) is 0 Å². The molecule has 2 aromatic carbocycles. The van der Waals surface area contributed by atoms with E-state index in [2.05, 4.69) is 22.0 Å². The van der Waals surface area contributed by atoms with E-state index in [-0.39, 0.29) is 10.6 Å². The molecule has 2 aromatic rings. The predicted molar refractivity (Wildman–Crippen MR) is 85.0 cm³/mol. The Kier molecular flexibility index (Phi) is 4.39. The molecule has 4 nitrogen and oxygen atoms in total. The lowest BCUT2D eigenvalue weighted by atomic mass is 10.1. The highest BCUT2D eigenvalue weighted by Gasteiger charge is 2.13. The van der Waals surface area contributed by atoms with Gasteiger partial charge in [0.1, 0.15) is 0 Å². The SMILES string of the molecule is Cc1cccc(N(C)c2ccc([N+](=O)[O-])cc2CBr)c1. The Morgan fingerprint density at radius 2 is 2.00 bits per heavy atom. The van der Waals surface area contributed by atoms with Gasteiger partial charge in [-0.15, -0.1) is 0 Å². The first-order chi connectivity index (χ1) is 9.52. The van der Waals surface area contributed by atoms with E-state index < -0.39 is 0 Å². The largest absolute Gasteiger partial charge is 0.344 e. The van der Waals surface area contributed by atoms with Crippen molar-refractivity contribution in [2.24, 2.45) is 0 Å². The molecule has 0 radical (unpaired) electrons. The van der Waals surface area contributed by atoms with Crippen molar-refractivity contribution in [1.82, 2.24) is 0 Å². The first-order valence-corrected chi connectivity index (χ1v) is 7.28. The number of hydrogen-bond acceptors (Lipinski definition) is 3. The summed E-state index contributed by atoms with van der Waals surface area (Å²) in [6.45, 7) is 2.04. The molecule has 0 aliphatic carbocycles. The number of halogens is 1. The van der Waals surface area contributed by atoms with E-state index in [0.29, 0.717) is 5.33 Å². The molecule has 0 N–H and O–H groups in total. The van der Waals surface area contributed by atoms with Gasteiger partial charge in [0.05, 0.1) is 4.92 Å². The van der Waals surface area contributed by atoms with Gasteiger partial charge in [-0.3, -0.25) is 10.1 Å². The maximum absolute atomic E-state index is 10.8. The van der Waals surface area contributed by atoms with Gasteiger partial charge in [0, 0.05) is 35.9 Å². The second kappa shape index (κ2) is 6.05. The number of nitro groups is 1. The van der Waals surface area contributed by atoms with Crippen molar-refractivity contribution in [3.8, 4) is 0 Å². The molecule has 0 amide bonds. The molecule has 0 aliphatic heterocycles. The molecule has 5 heteroatoms. The topological polar surface area (TPSA) is 46.4 Å². The summed E-state index contributed by atoms with van der Waals surface area (Å²) in [7, 11) is 1.96. The number of nitro benzene ring substituents is 1. The van der Waals surface area contributed by atoms with Gasteiger partial charge in [-0.2, -0.15) is 0 Å². The molecule has 0 heterocycles. The molecule has 0 saturated carbocycles. The lowest BCUT2D eigenvalue weighted by Crippen LogP contribution is -2.11. The van der Waals surface area contributed by atoms with E-state index in [4.69, 9.17) is 0 Å². The predicted octanol–water partition coefficient (Wildman–Crippen LogP) is 4.57. The Labute approximate surface area is 126 Å². The van der Waals surface area contributed by atoms with Gasteiger partial charge in [0.25, 0.3) is 5.69 Å². The lowest BCUT2D eigenvalue weighted by Gasteiger charge is -2.22. The Balaban J connectivity index is 2.44. The Bertz CT molecular complexity index is 644. The Morgan fingerprint density at radius 3 is 2.60 bits per heavy atom. The van der Waals surface area contributed by atoms with E-state index in [1.165, 1.54) is 11.6 Å². The summed E-state index contributed by atoms with van der Waals surface area (Å²) in [4.78, 5) is 12.5. The van der Waals surface area contributed by atoms with E-state index in [1.54, 1.807) is 12.1 Å². The summed E-state index contributed by atoms with van der Waals surface area (Å²) in [6.07, 6.45) is 0. The second-order valence-corrected chi connectivity index (χ2v) is 5.16. The van der Waals surface area contributed by atoms with Crippen LogP contribution in [-0.4, -0.2) is 12.0 Å². The van der Waals surface area contributed by atoms with E-state index in [1.807, 2.05) is 37.1 Å². The monoisotopic (exact) mass is 334 g/mol. The quantitative estimate of drug-likeness (QED) is 0.467. The zero-order chi connectivity index (χ0) is 14.7. The van der Waals surface area contributed by atoms with Crippen molar-refractivity contribution in [2.75, 3.05) is 11.9 Å². The normalized spacial score (nSPS) is 10.3. The molecule has 0 atom stereocenters. The van der Waals surface area contributed by atoms with Crippen molar-refractivity contribution in [3.05, 3.63) is 63.7 Å². The number of aryl methyl sites for hydroxylation is 1. The van der Waals surface area contributed by atoms with Crippen LogP contribution in [-0.2, 0) is 5.33 Å². The van der Waals surface area contributed by atoms with Crippen LogP contribution in [0.2, 0.25) is 0 Å². The summed E-state index contributed by atoms with van der Waals surface area (Å²) in [5.74, 6) is 0. The standard InChI is InChI=1S/C15H15BrN2O2/c1-11-4-3-5-13(8-11)17(2)15-7-6-14(18(19)20)9-12(15)10-16/h3-9H,10H2,1-2H3. The minimum absolute atomic E-state index is 0.112. The first-order valence-electron chi connectivity index (χ1n) is 6.16. The van der Waals surface area contributed by atoms with Crippen LogP contribution < -0.4 is 4.90 Å². The average Bonchev–Trinajstić information content (AvgIpc) is 2.45. The van der Waals surface area contributed by atoms with Crippen LogP contribution in [0.15, 0.2) is 42.5 Å². The molecule has 0 aromatic heterocycles. The fourth-order valence-electron chi connectivity index (χ4n) is 2.10. The van der Waals surface area contributed by atoms with Gasteiger partial charge >= 0.3 is 0 Å². The van der Waals surface area contributed by atoms with Gasteiger partial charge in [0.2, 0.25) is 0 Å². The fraction of sp³-hybridized carbons (Fsp3) is 0.200. The third-order valence-corrected chi connectivity index (χ3v) is 3.77. The summed E-state index contributed by atoms with van der Waals surface area (Å²) in [5.41, 5.74) is 4.19. The van der Waals surface area contributed by atoms with Crippen molar-refractivity contribution >= 4 is 33.0 Å². The molecule has 104 valence electrons. The number of alkyl halides is 1. The zero-order valence-electron chi connectivity index (χ0n) is 11.3. The minimum atomic E-state index is -0.372. The van der Waals surface area contributed by atoms with Crippen molar-refractivity contribution in [3.63, 3.8) is 0 Å². The Morgan fingerprint density at radius 1 is 1.25 bits per heavy atom. The highest BCUT2D eigenvalue weighted by Crippen LogP contribution is 2.31. The summed E-state index contributed by atoms with van der Waals surface area (Å²) < 4.78 is 0. The fourth-order valence-corrected chi connectivity index (χ4v) is 2.54. The Hall–Kier alpha value is -1.88. The van der Waals surface area contributed by atoms with Crippen LogP contribution in [0.5, 0.6) is 0 Å². The maximum atomic E-state index is 10.8. The second-order valence-electron chi connectivity index (χ2n) is 4.60. The molecule has 0 spiro atoms. The van der Waals surface area contributed by atoms with E-state index in [9.17, 15) is 10.1 Å². The molecule has 0 bridgehead atoms. The van der Waals surface area contributed by atoms with E-state index in [0.717, 1.165) is 16.9 Å². The molecular formula is C15H15BrN2O2. The van der Waals surface area contributed by atoms with Crippen LogP contribution in [0.1, 0.15) is 11.1 Å². The van der Waals surface area contributed by atoms with Crippen molar-refractivity contribution in [1.29, 1.82) is 0 Å². The molecule has 20 heavy (non-hydrogen) atoms. The molecule has 0 fully saturated rings. The number of anilines is 2. The van der Waals surface area contributed by atoms with Crippen molar-refractivity contribution < 1.29 is 4.92 Å². The summed E-state index contributed by atoms with van der Waals surface area (Å²) in [6, 6.07) is 13.1. The van der Waals surface area contributed by atoms with Crippen LogP contribution in [0.3, 0.4) is 0 Å². The van der Waals surface area contributed by atoms with E-state index >= 15 is 0 Å². The number of non-ortho nitro benzene ring substituents is 1. The number of benzene rings is 2. The lowest BCUT2D eigenvalue weighted by molar-refractivity contribution is -0.384. The van der Waals surface area contributed by atoms with Crippen LogP contribution in [0, 0.1) is 17.0 Å². The third kappa shape index (κ3) is 2.99. The van der Waals surface area contributed by atoms with Crippen LogP contribution in [0.4, 0.5) is 17.1 Å². The molecule has 0 unspecified atom stereocenters. The number of nitrogens with zero attached hydrogens (tertiary/aromatic N) is 2. The van der Waals surface area contributed by atoms with Crippen molar-refractivity contribution in [2.45, 2.75) is 12.3 Å². The zero-order valence-corrected chi connectivity index (χ0v) is 12.9. The van der Waals surface area contributed by atoms with Gasteiger partial charge in [-0.1, -0.05) is 28.1 Å². The smallest absolute Gasteiger partial charge is 0.269 e. The average molecular weight is 335 g/mol. The minimum Gasteiger partial charge on any atom is -0.344 e. The summed E-state index contributed by atoms with van der Waals surface area (Å²) in [5, 5.41) is 11.4. The molecule has 0 aliphatic rings.